The van der Waals surface area contributed by atoms with Gasteiger partial charge in [-0.2, -0.15) is 5.10 Å². The van der Waals surface area contributed by atoms with E-state index in [4.69, 9.17) is 16.3 Å². The van der Waals surface area contributed by atoms with Crippen LogP contribution in [0.1, 0.15) is 5.56 Å². The molecule has 132 valence electrons. The van der Waals surface area contributed by atoms with Gasteiger partial charge in [-0.3, -0.25) is 4.79 Å². The first kappa shape index (κ1) is 18.9. The molecule has 0 spiro atoms. The Labute approximate surface area is 150 Å². The first-order valence-electron chi connectivity index (χ1n) is 7.12. The van der Waals surface area contributed by atoms with Crippen LogP contribution in [0.2, 0.25) is 5.02 Å². The predicted molar refractivity (Wildman–Crippen MR) is 95.4 cm³/mol. The number of hydrogen-bond donors (Lipinski definition) is 2. The van der Waals surface area contributed by atoms with Crippen LogP contribution in [-0.2, 0) is 14.8 Å². The van der Waals surface area contributed by atoms with Gasteiger partial charge in [-0.15, -0.1) is 0 Å². The lowest BCUT2D eigenvalue weighted by Gasteiger charge is -2.06. The van der Waals surface area contributed by atoms with Crippen LogP contribution in [0.25, 0.3) is 0 Å². The minimum atomic E-state index is -3.80. The predicted octanol–water partition coefficient (Wildman–Crippen LogP) is 1.78. The summed E-state index contributed by atoms with van der Waals surface area (Å²) in [6.45, 7) is -0.450. The highest BCUT2D eigenvalue weighted by Gasteiger charge is 2.15. The maximum atomic E-state index is 12.0. The minimum absolute atomic E-state index is 0.0159. The molecule has 0 aromatic heterocycles. The second-order valence-corrected chi connectivity index (χ2v) is 7.02. The Morgan fingerprint density at radius 2 is 1.88 bits per heavy atom. The molecule has 0 aliphatic heterocycles. The maximum absolute atomic E-state index is 12.0. The highest BCUT2D eigenvalue weighted by molar-refractivity contribution is 7.89. The summed E-state index contributed by atoms with van der Waals surface area (Å²) < 4.78 is 31.4. The number of rotatable bonds is 7. The number of carbonyl (C=O) groups is 1. The van der Waals surface area contributed by atoms with E-state index in [1.165, 1.54) is 37.6 Å². The third kappa shape index (κ3) is 5.56. The fourth-order valence-electron chi connectivity index (χ4n) is 1.84. The highest BCUT2D eigenvalue weighted by Crippen LogP contribution is 2.15. The molecule has 2 aromatic carbocycles. The summed E-state index contributed by atoms with van der Waals surface area (Å²) in [5.41, 5.74) is 2.92. The van der Waals surface area contributed by atoms with E-state index in [1.54, 1.807) is 24.3 Å². The van der Waals surface area contributed by atoms with Crippen LogP contribution in [-0.4, -0.2) is 34.2 Å². The lowest BCUT2D eigenvalue weighted by molar-refractivity contribution is -0.119. The van der Waals surface area contributed by atoms with Crippen molar-refractivity contribution in [2.24, 2.45) is 5.10 Å². The van der Waals surface area contributed by atoms with Crippen molar-refractivity contribution >= 4 is 33.7 Å². The molecule has 7 nitrogen and oxygen atoms in total. The molecule has 0 fully saturated rings. The van der Waals surface area contributed by atoms with E-state index in [1.807, 2.05) is 0 Å². The summed E-state index contributed by atoms with van der Waals surface area (Å²) in [6.07, 6.45) is 1.41. The van der Waals surface area contributed by atoms with Crippen molar-refractivity contribution in [3.8, 4) is 5.75 Å². The summed E-state index contributed by atoms with van der Waals surface area (Å²) >= 11 is 5.71. The molecule has 1 amide bonds. The lowest BCUT2D eigenvalue weighted by atomic mass is 10.2. The second kappa shape index (κ2) is 8.61. The van der Waals surface area contributed by atoms with Gasteiger partial charge in [0.05, 0.1) is 24.8 Å². The average molecular weight is 382 g/mol. The highest BCUT2D eigenvalue weighted by atomic mass is 35.5. The molecule has 0 bridgehead atoms. The molecule has 2 aromatic rings. The number of benzene rings is 2. The third-order valence-electron chi connectivity index (χ3n) is 3.08. The Hall–Kier alpha value is -2.42. The van der Waals surface area contributed by atoms with Gasteiger partial charge in [0.15, 0.2) is 0 Å². The average Bonchev–Trinajstić information content (AvgIpc) is 2.61. The summed E-state index contributed by atoms with van der Waals surface area (Å²) in [5, 5.41) is 4.20. The van der Waals surface area contributed by atoms with Gasteiger partial charge in [0.25, 0.3) is 5.91 Å². The van der Waals surface area contributed by atoms with E-state index in [9.17, 15) is 13.2 Å². The van der Waals surface area contributed by atoms with Crippen LogP contribution >= 0.6 is 11.6 Å². The molecule has 0 radical (unpaired) electrons. The maximum Gasteiger partial charge on any atom is 0.255 e. The van der Waals surface area contributed by atoms with Gasteiger partial charge >= 0.3 is 0 Å². The molecule has 2 N–H and O–H groups in total. The number of methoxy groups -OCH3 is 1. The van der Waals surface area contributed by atoms with E-state index in [0.29, 0.717) is 16.3 Å². The van der Waals surface area contributed by atoms with Crippen LogP contribution in [0, 0.1) is 0 Å². The molecule has 0 saturated carbocycles. The molecule has 0 heterocycles. The summed E-state index contributed by atoms with van der Waals surface area (Å²) in [6, 6.07) is 12.7. The number of para-hydroxylation sites is 1. The molecule has 0 unspecified atom stereocenters. The standard InChI is InChI=1S/C16H16ClN3O4S/c1-24-15-5-3-2-4-12(15)10-18-20-16(21)11-19-25(22,23)14-8-6-13(17)7-9-14/h2-10,19H,11H2,1H3,(H,20,21)/b18-10+. The Morgan fingerprint density at radius 3 is 2.56 bits per heavy atom. The SMILES string of the molecule is COc1ccccc1/C=N/NC(=O)CNS(=O)(=O)c1ccc(Cl)cc1. The third-order valence-corrected chi connectivity index (χ3v) is 4.75. The molecule has 0 saturated heterocycles. The van der Waals surface area contributed by atoms with Gasteiger partial charge in [0, 0.05) is 10.6 Å². The Morgan fingerprint density at radius 1 is 1.20 bits per heavy atom. The molecule has 0 atom stereocenters. The number of hydrogen-bond acceptors (Lipinski definition) is 5. The van der Waals surface area contributed by atoms with Crippen LogP contribution in [0.3, 0.4) is 0 Å². The van der Waals surface area contributed by atoms with Crippen molar-refractivity contribution in [3.05, 3.63) is 59.1 Å². The minimum Gasteiger partial charge on any atom is -0.496 e. The van der Waals surface area contributed by atoms with E-state index < -0.39 is 22.5 Å². The topological polar surface area (TPSA) is 96.9 Å². The Bertz CT molecular complexity index is 867. The fourth-order valence-corrected chi connectivity index (χ4v) is 2.95. The van der Waals surface area contributed by atoms with Crippen LogP contribution in [0.15, 0.2) is 58.5 Å². The van der Waals surface area contributed by atoms with E-state index in [-0.39, 0.29) is 4.90 Å². The molecule has 0 aliphatic rings. The number of nitrogens with one attached hydrogen (secondary N) is 2. The van der Waals surface area contributed by atoms with Gasteiger partial charge in [0.2, 0.25) is 10.0 Å². The van der Waals surface area contributed by atoms with Crippen molar-refractivity contribution in [2.45, 2.75) is 4.90 Å². The van der Waals surface area contributed by atoms with E-state index in [0.717, 1.165) is 0 Å². The van der Waals surface area contributed by atoms with Crippen LogP contribution in [0.5, 0.6) is 5.75 Å². The normalized spacial score (nSPS) is 11.4. The number of amides is 1. The number of ether oxygens (including phenoxy) is 1. The van der Waals surface area contributed by atoms with Crippen molar-refractivity contribution in [3.63, 3.8) is 0 Å². The fraction of sp³-hybridized carbons (Fsp3) is 0.125. The number of halogens is 1. The number of sulfonamides is 1. The summed E-state index contributed by atoms with van der Waals surface area (Å²) in [5.74, 6) is -0.00683. The largest absolute Gasteiger partial charge is 0.496 e. The zero-order chi connectivity index (χ0) is 18.3. The van der Waals surface area contributed by atoms with E-state index in [2.05, 4.69) is 15.2 Å². The molecule has 2 rings (SSSR count). The molecule has 0 aliphatic carbocycles. The van der Waals surface area contributed by atoms with E-state index >= 15 is 0 Å². The van der Waals surface area contributed by atoms with Crippen LogP contribution < -0.4 is 14.9 Å². The van der Waals surface area contributed by atoms with Gasteiger partial charge < -0.3 is 4.74 Å². The van der Waals surface area contributed by atoms with Crippen molar-refractivity contribution in [1.82, 2.24) is 10.1 Å². The van der Waals surface area contributed by atoms with Crippen LogP contribution in [0.4, 0.5) is 0 Å². The van der Waals surface area contributed by atoms with Gasteiger partial charge in [-0.1, -0.05) is 23.7 Å². The van der Waals surface area contributed by atoms with Gasteiger partial charge in [-0.05, 0) is 36.4 Å². The zero-order valence-electron chi connectivity index (χ0n) is 13.3. The lowest BCUT2D eigenvalue weighted by Crippen LogP contribution is -2.34. The number of carbonyl (C=O) groups excluding carboxylic acids is 1. The second-order valence-electron chi connectivity index (χ2n) is 4.81. The quantitative estimate of drug-likeness (QED) is 0.564. The number of nitrogens with zero attached hydrogens (tertiary/aromatic N) is 1. The Balaban J connectivity index is 1.90. The number of hydrazone groups is 1. The van der Waals surface area contributed by atoms with Crippen molar-refractivity contribution in [2.75, 3.05) is 13.7 Å². The summed E-state index contributed by atoms with van der Waals surface area (Å²) in [4.78, 5) is 11.7. The monoisotopic (exact) mass is 381 g/mol. The Kier molecular flexibility index (Phi) is 6.51. The van der Waals surface area contributed by atoms with Gasteiger partial charge in [-0.25, -0.2) is 18.6 Å². The zero-order valence-corrected chi connectivity index (χ0v) is 14.8. The smallest absolute Gasteiger partial charge is 0.255 e. The van der Waals surface area contributed by atoms with Crippen molar-refractivity contribution < 1.29 is 17.9 Å². The van der Waals surface area contributed by atoms with Crippen molar-refractivity contribution in [1.29, 1.82) is 0 Å². The van der Waals surface area contributed by atoms with Gasteiger partial charge in [0.1, 0.15) is 5.75 Å². The first-order chi connectivity index (χ1) is 11.9. The molecular weight excluding hydrogens is 366 g/mol. The molecular formula is C16H16ClN3O4S. The summed E-state index contributed by atoms with van der Waals surface area (Å²) in [7, 11) is -2.28. The molecule has 9 heteroatoms. The molecule has 25 heavy (non-hydrogen) atoms. The first-order valence-corrected chi connectivity index (χ1v) is 8.98.